The molecule has 0 radical (unpaired) electrons. The molecule has 0 aliphatic carbocycles. The Morgan fingerprint density at radius 3 is 2.57 bits per heavy atom. The molecule has 152 valence electrons. The summed E-state index contributed by atoms with van der Waals surface area (Å²) in [7, 11) is 0. The van der Waals surface area contributed by atoms with Crippen molar-refractivity contribution in [2.75, 3.05) is 5.75 Å². The average molecular weight is 480 g/mol. The van der Waals surface area contributed by atoms with Crippen LogP contribution in [0.15, 0.2) is 64.6 Å². The number of hydrogen-bond donors (Lipinski definition) is 0. The van der Waals surface area contributed by atoms with Crippen LogP contribution < -0.4 is 0 Å². The van der Waals surface area contributed by atoms with E-state index >= 15 is 0 Å². The van der Waals surface area contributed by atoms with Crippen LogP contribution in [0.5, 0.6) is 0 Å². The maximum absolute atomic E-state index is 12.7. The summed E-state index contributed by atoms with van der Waals surface area (Å²) >= 11 is 19.4. The molecule has 0 bridgehead atoms. The normalized spacial score (nSPS) is 11.0. The van der Waals surface area contributed by atoms with Crippen molar-refractivity contribution in [3.8, 4) is 11.4 Å². The number of carbonyl (C=O) groups excluding carboxylic acids is 1. The number of hydrogen-bond acceptors (Lipinski definition) is 6. The van der Waals surface area contributed by atoms with Crippen molar-refractivity contribution >= 4 is 52.3 Å². The molecule has 3 heterocycles. The van der Waals surface area contributed by atoms with E-state index in [4.69, 9.17) is 39.2 Å². The molecule has 10 heteroatoms. The number of nitrogens with zero attached hydrogens (tertiary/aromatic N) is 4. The van der Waals surface area contributed by atoms with Crippen molar-refractivity contribution in [3.05, 3.63) is 81.4 Å². The number of thioether (sulfide) groups is 1. The van der Waals surface area contributed by atoms with E-state index in [2.05, 4.69) is 15.2 Å². The predicted molar refractivity (Wildman–Crippen MR) is 118 cm³/mol. The van der Waals surface area contributed by atoms with Gasteiger partial charge in [0.15, 0.2) is 16.8 Å². The standard InChI is InChI=1S/C20H13Cl3N4O2S/c21-15-4-3-14(17(22)18(15)23)16(28)11-30-20-26-25-19(12-5-7-24-8-6-12)27(20)10-13-2-1-9-29-13/h1-9H,10-11H2. The number of furan rings is 1. The van der Waals surface area contributed by atoms with Gasteiger partial charge in [-0.3, -0.25) is 14.3 Å². The first-order valence-electron chi connectivity index (χ1n) is 8.70. The third-order valence-electron chi connectivity index (χ3n) is 4.22. The van der Waals surface area contributed by atoms with Crippen molar-refractivity contribution in [1.29, 1.82) is 0 Å². The molecule has 4 rings (SSSR count). The van der Waals surface area contributed by atoms with E-state index < -0.39 is 0 Å². The zero-order valence-corrected chi connectivity index (χ0v) is 18.3. The first kappa shape index (κ1) is 20.9. The van der Waals surface area contributed by atoms with Gasteiger partial charge in [0.05, 0.1) is 33.6 Å². The van der Waals surface area contributed by atoms with E-state index in [-0.39, 0.29) is 21.6 Å². The lowest BCUT2D eigenvalue weighted by molar-refractivity contribution is 0.102. The number of ketones is 1. The molecule has 3 aromatic heterocycles. The quantitative estimate of drug-likeness (QED) is 0.186. The maximum Gasteiger partial charge on any atom is 0.192 e. The lowest BCUT2D eigenvalue weighted by Gasteiger charge is -2.09. The van der Waals surface area contributed by atoms with Crippen LogP contribution in [0.3, 0.4) is 0 Å². The van der Waals surface area contributed by atoms with E-state index in [0.29, 0.717) is 28.1 Å². The molecule has 0 unspecified atom stereocenters. The first-order chi connectivity index (χ1) is 14.5. The minimum Gasteiger partial charge on any atom is -0.467 e. The van der Waals surface area contributed by atoms with E-state index in [1.54, 1.807) is 30.8 Å². The first-order valence-corrected chi connectivity index (χ1v) is 10.8. The van der Waals surface area contributed by atoms with Crippen molar-refractivity contribution in [2.45, 2.75) is 11.7 Å². The minimum absolute atomic E-state index is 0.102. The number of aromatic nitrogens is 4. The Labute approximate surface area is 191 Å². The van der Waals surface area contributed by atoms with E-state index in [9.17, 15) is 4.79 Å². The second kappa shape index (κ2) is 9.22. The lowest BCUT2D eigenvalue weighted by atomic mass is 10.1. The van der Waals surface area contributed by atoms with Crippen LogP contribution in [0.2, 0.25) is 15.1 Å². The van der Waals surface area contributed by atoms with Crippen molar-refractivity contribution in [2.24, 2.45) is 0 Å². The van der Waals surface area contributed by atoms with Crippen LogP contribution >= 0.6 is 46.6 Å². The highest BCUT2D eigenvalue weighted by Crippen LogP contribution is 2.34. The third kappa shape index (κ3) is 4.39. The zero-order chi connectivity index (χ0) is 21.1. The number of halogens is 3. The molecule has 6 nitrogen and oxygen atoms in total. The Bertz CT molecular complexity index is 1180. The van der Waals surface area contributed by atoms with Crippen molar-refractivity contribution in [1.82, 2.24) is 19.7 Å². The van der Waals surface area contributed by atoms with Crippen LogP contribution in [-0.4, -0.2) is 31.3 Å². The number of carbonyl (C=O) groups is 1. The average Bonchev–Trinajstić information content (AvgIpc) is 3.41. The van der Waals surface area contributed by atoms with Crippen LogP contribution in [0.1, 0.15) is 16.1 Å². The van der Waals surface area contributed by atoms with Crippen molar-refractivity contribution < 1.29 is 9.21 Å². The highest BCUT2D eigenvalue weighted by molar-refractivity contribution is 7.99. The lowest BCUT2D eigenvalue weighted by Crippen LogP contribution is -2.07. The van der Waals surface area contributed by atoms with Crippen LogP contribution in [0.25, 0.3) is 11.4 Å². The number of rotatable bonds is 7. The molecule has 0 spiro atoms. The van der Waals surface area contributed by atoms with Gasteiger partial charge in [-0.25, -0.2) is 0 Å². The second-order valence-electron chi connectivity index (χ2n) is 6.14. The summed E-state index contributed by atoms with van der Waals surface area (Å²) in [6.45, 7) is 0.418. The van der Waals surface area contributed by atoms with Gasteiger partial charge >= 0.3 is 0 Å². The van der Waals surface area contributed by atoms with Crippen molar-refractivity contribution in [3.63, 3.8) is 0 Å². The van der Waals surface area contributed by atoms with E-state index in [1.165, 1.54) is 11.8 Å². The number of pyridine rings is 1. The smallest absolute Gasteiger partial charge is 0.192 e. The molecule has 0 amide bonds. The molecule has 4 aromatic rings. The highest BCUT2D eigenvalue weighted by Gasteiger charge is 2.19. The molecule has 1 aromatic carbocycles. The zero-order valence-electron chi connectivity index (χ0n) is 15.3. The topological polar surface area (TPSA) is 73.8 Å². The minimum atomic E-state index is -0.193. The van der Waals surface area contributed by atoms with Crippen LogP contribution in [-0.2, 0) is 6.54 Å². The fourth-order valence-corrected chi connectivity index (χ4v) is 4.22. The third-order valence-corrected chi connectivity index (χ3v) is 6.48. The molecule has 0 fully saturated rings. The highest BCUT2D eigenvalue weighted by atomic mass is 35.5. The summed E-state index contributed by atoms with van der Waals surface area (Å²) in [5, 5.41) is 9.76. The summed E-state index contributed by atoms with van der Waals surface area (Å²) in [6, 6.07) is 10.5. The Kier molecular flexibility index (Phi) is 6.43. The predicted octanol–water partition coefficient (Wildman–Crippen LogP) is 5.92. The summed E-state index contributed by atoms with van der Waals surface area (Å²) in [4.78, 5) is 16.8. The fraction of sp³-hybridized carbons (Fsp3) is 0.100. The van der Waals surface area contributed by atoms with Gasteiger partial charge in [0.1, 0.15) is 5.76 Å². The van der Waals surface area contributed by atoms with Gasteiger partial charge in [-0.05, 0) is 36.4 Å². The summed E-state index contributed by atoms with van der Waals surface area (Å²) in [6.07, 6.45) is 4.97. The molecule has 0 N–H and O–H groups in total. The Hall–Kier alpha value is -2.32. The summed E-state index contributed by atoms with van der Waals surface area (Å²) in [5.41, 5.74) is 1.17. The Balaban J connectivity index is 1.60. The molecule has 0 saturated carbocycles. The molecule has 0 atom stereocenters. The van der Waals surface area contributed by atoms with E-state index in [0.717, 1.165) is 11.3 Å². The van der Waals surface area contributed by atoms with E-state index in [1.807, 2.05) is 28.8 Å². The monoisotopic (exact) mass is 478 g/mol. The van der Waals surface area contributed by atoms with Gasteiger partial charge in [0.2, 0.25) is 0 Å². The second-order valence-corrected chi connectivity index (χ2v) is 8.25. The summed E-state index contributed by atoms with van der Waals surface area (Å²) < 4.78 is 7.37. The van der Waals surface area contributed by atoms with Crippen LogP contribution in [0, 0.1) is 0 Å². The number of benzene rings is 1. The van der Waals surface area contributed by atoms with Crippen LogP contribution in [0.4, 0.5) is 0 Å². The molecule has 30 heavy (non-hydrogen) atoms. The SMILES string of the molecule is O=C(CSc1nnc(-c2ccncc2)n1Cc1ccco1)c1ccc(Cl)c(Cl)c1Cl. The number of Topliss-reactive ketones (excluding diaryl/α,β-unsaturated/α-hetero) is 1. The maximum atomic E-state index is 12.7. The Morgan fingerprint density at radius 2 is 1.83 bits per heavy atom. The molecule has 0 aliphatic rings. The largest absolute Gasteiger partial charge is 0.467 e. The van der Waals surface area contributed by atoms with Gasteiger partial charge in [0.25, 0.3) is 0 Å². The molecular weight excluding hydrogens is 467 g/mol. The Morgan fingerprint density at radius 1 is 1.03 bits per heavy atom. The molecule has 0 saturated heterocycles. The summed E-state index contributed by atoms with van der Waals surface area (Å²) in [5.74, 6) is 1.30. The van der Waals surface area contributed by atoms with Gasteiger partial charge in [0, 0.05) is 23.5 Å². The van der Waals surface area contributed by atoms with Gasteiger partial charge in [-0.1, -0.05) is 46.6 Å². The van der Waals surface area contributed by atoms with Gasteiger partial charge in [-0.15, -0.1) is 10.2 Å². The fourth-order valence-electron chi connectivity index (χ4n) is 2.76. The van der Waals surface area contributed by atoms with Gasteiger partial charge in [-0.2, -0.15) is 0 Å². The molecular formula is C20H13Cl3N4O2S. The molecule has 0 aliphatic heterocycles. The van der Waals surface area contributed by atoms with Gasteiger partial charge < -0.3 is 4.42 Å².